The van der Waals surface area contributed by atoms with Crippen molar-refractivity contribution in [2.75, 3.05) is 31.2 Å². The van der Waals surface area contributed by atoms with Crippen molar-refractivity contribution in [1.82, 2.24) is 0 Å². The lowest BCUT2D eigenvalue weighted by atomic mass is 9.93. The molecule has 2 aliphatic rings. The molecule has 1 heterocycles. The van der Waals surface area contributed by atoms with Crippen molar-refractivity contribution in [3.8, 4) is 0 Å². The van der Waals surface area contributed by atoms with Crippen LogP contribution in [-0.2, 0) is 4.74 Å². The molecule has 35 heavy (non-hydrogen) atoms. The van der Waals surface area contributed by atoms with Crippen molar-refractivity contribution in [1.29, 1.82) is 5.41 Å². The fraction of sp³-hybridized carbons (Fsp3) is 0.385. The Hall–Kier alpha value is -2.61. The first-order valence-corrected chi connectivity index (χ1v) is 12.2. The van der Waals surface area contributed by atoms with Crippen LogP contribution in [0.2, 0.25) is 10.0 Å². The lowest BCUT2D eigenvalue weighted by molar-refractivity contribution is 0.00816. The molecule has 3 N–H and O–H groups in total. The van der Waals surface area contributed by atoms with E-state index in [1.54, 1.807) is 42.5 Å². The van der Waals surface area contributed by atoms with Gasteiger partial charge in [-0.15, -0.1) is 0 Å². The third kappa shape index (κ3) is 5.97. The Morgan fingerprint density at radius 1 is 1.09 bits per heavy atom. The minimum atomic E-state index is -1.54. The van der Waals surface area contributed by atoms with Gasteiger partial charge in [-0.2, -0.15) is 0 Å². The van der Waals surface area contributed by atoms with Gasteiger partial charge in [-0.25, -0.2) is 9.18 Å². The van der Waals surface area contributed by atoms with Crippen molar-refractivity contribution >= 4 is 40.6 Å². The van der Waals surface area contributed by atoms with E-state index in [0.717, 1.165) is 18.5 Å². The zero-order valence-corrected chi connectivity index (χ0v) is 20.6. The number of carboxylic acids is 1. The molecule has 2 aromatic carbocycles. The number of aliphatic hydroxyl groups is 1. The smallest absolute Gasteiger partial charge is 0.335 e. The highest BCUT2D eigenvalue weighted by Gasteiger charge is 2.36. The number of anilines is 1. The molecule has 0 amide bonds. The van der Waals surface area contributed by atoms with E-state index in [0.29, 0.717) is 28.7 Å². The van der Waals surface area contributed by atoms with Crippen LogP contribution in [0.15, 0.2) is 53.8 Å². The first-order valence-electron chi connectivity index (χ1n) is 11.5. The topological polar surface area (TPSA) is 93.9 Å². The molecule has 9 heteroatoms. The van der Waals surface area contributed by atoms with Crippen LogP contribution in [0, 0.1) is 11.3 Å². The second-order valence-corrected chi connectivity index (χ2v) is 9.91. The second-order valence-electron chi connectivity index (χ2n) is 9.09. The first-order chi connectivity index (χ1) is 16.7. The summed E-state index contributed by atoms with van der Waals surface area (Å²) < 4.78 is 21.2. The number of rotatable bonds is 9. The SMILES string of the molecule is N=C(/C(COCC1(F)CCN(c2ccc(C(=O)O)cc2)CC1)=C(\O)C1CC1)c1c(Cl)cccc1Cl. The summed E-state index contributed by atoms with van der Waals surface area (Å²) in [5, 5.41) is 29.0. The third-order valence-electron chi connectivity index (χ3n) is 6.53. The van der Waals surface area contributed by atoms with Crippen molar-refractivity contribution in [2.24, 2.45) is 5.92 Å². The van der Waals surface area contributed by atoms with Gasteiger partial charge < -0.3 is 19.8 Å². The van der Waals surface area contributed by atoms with Crippen LogP contribution in [0.3, 0.4) is 0 Å². The van der Waals surface area contributed by atoms with Crippen molar-refractivity contribution < 1.29 is 24.1 Å². The number of hydrogen-bond acceptors (Lipinski definition) is 5. The van der Waals surface area contributed by atoms with Gasteiger partial charge in [0.25, 0.3) is 0 Å². The summed E-state index contributed by atoms with van der Waals surface area (Å²) in [6.45, 7) is 0.652. The number of carbonyl (C=O) groups is 1. The van der Waals surface area contributed by atoms with Gasteiger partial charge in [-0.05, 0) is 49.2 Å². The molecule has 0 radical (unpaired) electrons. The normalized spacial score (nSPS) is 18.2. The molecule has 2 fully saturated rings. The van der Waals surface area contributed by atoms with E-state index in [4.69, 9.17) is 38.5 Å². The third-order valence-corrected chi connectivity index (χ3v) is 7.16. The number of benzene rings is 2. The lowest BCUT2D eigenvalue weighted by Gasteiger charge is -2.37. The standard InChI is InChI=1S/C26H27Cl2FN2O4/c27-20-2-1-3-21(28)22(20)23(30)19(24(32)16-4-5-16)14-35-15-26(29)10-12-31(13-11-26)18-8-6-17(7-9-18)25(33)34/h1-3,6-9,16,30,32H,4-5,10-15H2,(H,33,34)/b24-19-,30-23?. The predicted octanol–water partition coefficient (Wildman–Crippen LogP) is 6.31. The Labute approximate surface area is 213 Å². The van der Waals surface area contributed by atoms with E-state index in [9.17, 15) is 9.90 Å². The van der Waals surface area contributed by atoms with Crippen LogP contribution in [0.5, 0.6) is 0 Å². The molecule has 4 rings (SSSR count). The highest BCUT2D eigenvalue weighted by molar-refractivity contribution is 6.41. The van der Waals surface area contributed by atoms with Gasteiger partial charge in [-0.1, -0.05) is 29.3 Å². The number of aromatic carboxylic acids is 1. The molecule has 0 atom stereocenters. The van der Waals surface area contributed by atoms with Crippen molar-refractivity contribution in [3.05, 3.63) is 75.0 Å². The van der Waals surface area contributed by atoms with E-state index < -0.39 is 11.6 Å². The number of nitrogens with one attached hydrogen (secondary N) is 1. The molecular formula is C26H27Cl2FN2O4. The molecular weight excluding hydrogens is 494 g/mol. The zero-order valence-electron chi connectivity index (χ0n) is 19.1. The van der Waals surface area contributed by atoms with Gasteiger partial charge in [0.2, 0.25) is 0 Å². The van der Waals surface area contributed by atoms with Gasteiger partial charge in [-0.3, -0.25) is 5.41 Å². The van der Waals surface area contributed by atoms with E-state index in [-0.39, 0.29) is 54.6 Å². The predicted molar refractivity (Wildman–Crippen MR) is 135 cm³/mol. The Kier molecular flexibility index (Phi) is 7.69. The average molecular weight is 521 g/mol. The molecule has 0 aromatic heterocycles. The number of carboxylic acid groups (broad SMARTS) is 1. The molecule has 6 nitrogen and oxygen atoms in total. The monoisotopic (exact) mass is 520 g/mol. The molecule has 1 aliphatic carbocycles. The molecule has 1 saturated heterocycles. The maximum atomic E-state index is 15.5. The number of nitrogens with zero attached hydrogens (tertiary/aromatic N) is 1. The zero-order chi connectivity index (χ0) is 25.2. The second kappa shape index (κ2) is 10.6. The van der Waals surface area contributed by atoms with Gasteiger partial charge >= 0.3 is 5.97 Å². The summed E-state index contributed by atoms with van der Waals surface area (Å²) in [6.07, 6.45) is 2.15. The van der Waals surface area contributed by atoms with Gasteiger partial charge in [0.15, 0.2) is 0 Å². The van der Waals surface area contributed by atoms with E-state index in [1.807, 2.05) is 4.90 Å². The summed E-state index contributed by atoms with van der Waals surface area (Å²) in [4.78, 5) is 13.1. The number of alkyl halides is 1. The van der Waals surface area contributed by atoms with Gasteiger partial charge in [0.1, 0.15) is 11.4 Å². The van der Waals surface area contributed by atoms with Crippen LogP contribution < -0.4 is 4.90 Å². The summed E-state index contributed by atoms with van der Waals surface area (Å²) in [5.74, 6) is -0.926. The highest BCUT2D eigenvalue weighted by atomic mass is 35.5. The number of piperidine rings is 1. The van der Waals surface area contributed by atoms with Crippen LogP contribution in [0.4, 0.5) is 10.1 Å². The molecule has 1 saturated carbocycles. The van der Waals surface area contributed by atoms with Crippen molar-refractivity contribution in [2.45, 2.75) is 31.4 Å². The Morgan fingerprint density at radius 2 is 1.69 bits per heavy atom. The molecule has 0 unspecified atom stereocenters. The molecule has 1 aliphatic heterocycles. The van der Waals surface area contributed by atoms with Crippen LogP contribution >= 0.6 is 23.2 Å². The summed E-state index contributed by atoms with van der Waals surface area (Å²) in [5.41, 5.74) is 0.101. The van der Waals surface area contributed by atoms with E-state index in [1.165, 1.54) is 0 Å². The largest absolute Gasteiger partial charge is 0.512 e. The fourth-order valence-electron chi connectivity index (χ4n) is 4.23. The number of halogens is 3. The van der Waals surface area contributed by atoms with E-state index >= 15 is 4.39 Å². The number of allylic oxidation sites excluding steroid dienone is 1. The first kappa shape index (κ1) is 25.5. The van der Waals surface area contributed by atoms with Gasteiger partial charge in [0.05, 0.1) is 34.5 Å². The van der Waals surface area contributed by atoms with Crippen LogP contribution in [-0.4, -0.2) is 53.9 Å². The molecule has 2 aromatic rings. The Bertz CT molecular complexity index is 1120. The maximum Gasteiger partial charge on any atom is 0.335 e. The van der Waals surface area contributed by atoms with E-state index in [2.05, 4.69) is 0 Å². The minimum Gasteiger partial charge on any atom is -0.512 e. The molecule has 186 valence electrons. The number of hydrogen-bond donors (Lipinski definition) is 3. The minimum absolute atomic E-state index is 0.0162. The summed E-state index contributed by atoms with van der Waals surface area (Å²) in [7, 11) is 0. The van der Waals surface area contributed by atoms with Gasteiger partial charge in [0, 0.05) is 48.7 Å². The maximum absolute atomic E-state index is 15.5. The highest BCUT2D eigenvalue weighted by Crippen LogP contribution is 2.38. The molecule has 0 bridgehead atoms. The Morgan fingerprint density at radius 3 is 2.23 bits per heavy atom. The van der Waals surface area contributed by atoms with Crippen LogP contribution in [0.25, 0.3) is 0 Å². The summed E-state index contributed by atoms with van der Waals surface area (Å²) >= 11 is 12.5. The Balaban J connectivity index is 1.38. The quantitative estimate of drug-likeness (QED) is 0.266. The summed E-state index contributed by atoms with van der Waals surface area (Å²) in [6, 6.07) is 11.5. The van der Waals surface area contributed by atoms with Crippen LogP contribution in [0.1, 0.15) is 41.6 Å². The number of aliphatic hydroxyl groups excluding tert-OH is 1. The van der Waals surface area contributed by atoms with Crippen molar-refractivity contribution in [3.63, 3.8) is 0 Å². The molecule has 0 spiro atoms. The number of ether oxygens (including phenoxy) is 1. The average Bonchev–Trinajstić information content (AvgIpc) is 3.67. The lowest BCUT2D eigenvalue weighted by Crippen LogP contribution is -2.44. The fourth-order valence-corrected chi connectivity index (χ4v) is 4.81.